The average molecular weight is 251 g/mol. The Morgan fingerprint density at radius 1 is 1.53 bits per heavy atom. The molecule has 0 saturated carbocycles. The lowest BCUT2D eigenvalue weighted by atomic mass is 10.0. The van der Waals surface area contributed by atoms with Crippen LogP contribution in [0.25, 0.3) is 0 Å². The first-order chi connectivity index (χ1) is 7.92. The number of rotatable bonds is 2. The minimum Gasteiger partial charge on any atom is -0.364 e. The van der Waals surface area contributed by atoms with E-state index in [1.54, 1.807) is 12.1 Å². The Hall–Kier alpha value is -1.61. The maximum Gasteiger partial charge on any atom is 0.152 e. The standard InChI is InChI=1S/C11H13N3O2S/c1-11(4-5-17(15,16)8-11)14-10-3-2-9(6-12)7-13-10/h2-3,7H,4-5,8H2,1H3,(H,13,14). The highest BCUT2D eigenvalue weighted by atomic mass is 32.2. The van der Waals surface area contributed by atoms with Crippen LogP contribution in [0.4, 0.5) is 5.82 Å². The molecule has 1 aromatic rings. The van der Waals surface area contributed by atoms with Crippen molar-refractivity contribution < 1.29 is 8.42 Å². The minimum absolute atomic E-state index is 0.127. The lowest BCUT2D eigenvalue weighted by molar-refractivity contribution is 0.572. The third-order valence-corrected chi connectivity index (χ3v) is 4.73. The second kappa shape index (κ2) is 4.00. The van der Waals surface area contributed by atoms with E-state index in [9.17, 15) is 8.42 Å². The van der Waals surface area contributed by atoms with E-state index in [1.165, 1.54) is 6.20 Å². The van der Waals surface area contributed by atoms with Gasteiger partial charge in [0.05, 0.1) is 22.6 Å². The summed E-state index contributed by atoms with van der Waals surface area (Å²) in [6, 6.07) is 5.33. The molecule has 0 aliphatic carbocycles. The largest absolute Gasteiger partial charge is 0.364 e. The van der Waals surface area contributed by atoms with Crippen LogP contribution in [0, 0.1) is 11.3 Å². The second-order valence-corrected chi connectivity index (χ2v) is 6.76. The molecular formula is C11H13N3O2S. The number of hydrogen-bond donors (Lipinski definition) is 1. The first kappa shape index (κ1) is 11.9. The minimum atomic E-state index is -2.93. The molecule has 6 heteroatoms. The maximum atomic E-state index is 11.4. The fraction of sp³-hybridized carbons (Fsp3) is 0.455. The van der Waals surface area contributed by atoms with Crippen LogP contribution in [-0.4, -0.2) is 30.4 Å². The molecule has 2 rings (SSSR count). The molecule has 1 fully saturated rings. The van der Waals surface area contributed by atoms with Gasteiger partial charge in [0.2, 0.25) is 0 Å². The van der Waals surface area contributed by atoms with E-state index in [1.807, 2.05) is 13.0 Å². The summed E-state index contributed by atoms with van der Waals surface area (Å²) in [7, 11) is -2.93. The van der Waals surface area contributed by atoms with Crippen LogP contribution >= 0.6 is 0 Å². The molecule has 0 aromatic carbocycles. The molecule has 0 amide bonds. The van der Waals surface area contributed by atoms with Crippen LogP contribution in [-0.2, 0) is 9.84 Å². The number of nitriles is 1. The molecule has 90 valence electrons. The van der Waals surface area contributed by atoms with Crippen molar-refractivity contribution in [1.82, 2.24) is 4.98 Å². The molecule has 1 aliphatic heterocycles. The summed E-state index contributed by atoms with van der Waals surface area (Å²) in [5.41, 5.74) is 0.0275. The second-order valence-electron chi connectivity index (χ2n) is 4.57. The Morgan fingerprint density at radius 2 is 2.29 bits per heavy atom. The lowest BCUT2D eigenvalue weighted by Gasteiger charge is -2.24. The van der Waals surface area contributed by atoms with Gasteiger partial charge in [0.25, 0.3) is 0 Å². The van der Waals surface area contributed by atoms with Crippen LogP contribution < -0.4 is 5.32 Å². The Balaban J connectivity index is 2.14. The van der Waals surface area contributed by atoms with Gasteiger partial charge in [-0.05, 0) is 25.5 Å². The zero-order valence-electron chi connectivity index (χ0n) is 9.47. The van der Waals surface area contributed by atoms with Gasteiger partial charge in [-0.2, -0.15) is 5.26 Å². The van der Waals surface area contributed by atoms with Crippen LogP contribution in [0.15, 0.2) is 18.3 Å². The van der Waals surface area contributed by atoms with Crippen molar-refractivity contribution in [3.05, 3.63) is 23.9 Å². The summed E-state index contributed by atoms with van der Waals surface area (Å²) in [5.74, 6) is 0.942. The Labute approximate surface area is 100 Å². The molecule has 2 heterocycles. The van der Waals surface area contributed by atoms with Gasteiger partial charge < -0.3 is 5.32 Å². The third kappa shape index (κ3) is 2.74. The smallest absolute Gasteiger partial charge is 0.152 e. The summed E-state index contributed by atoms with van der Waals surface area (Å²) in [6.07, 6.45) is 2.05. The van der Waals surface area contributed by atoms with E-state index in [2.05, 4.69) is 10.3 Å². The summed E-state index contributed by atoms with van der Waals surface area (Å²) in [4.78, 5) is 4.08. The molecule has 1 aromatic heterocycles. The van der Waals surface area contributed by atoms with E-state index in [0.29, 0.717) is 17.8 Å². The zero-order valence-corrected chi connectivity index (χ0v) is 10.3. The first-order valence-electron chi connectivity index (χ1n) is 5.27. The average Bonchev–Trinajstić information content (AvgIpc) is 2.54. The quantitative estimate of drug-likeness (QED) is 0.845. The fourth-order valence-corrected chi connectivity index (χ4v) is 4.05. The van der Waals surface area contributed by atoms with Gasteiger partial charge in [-0.25, -0.2) is 13.4 Å². The monoisotopic (exact) mass is 251 g/mol. The number of hydrogen-bond acceptors (Lipinski definition) is 5. The fourth-order valence-electron chi connectivity index (χ4n) is 1.95. The summed E-state index contributed by atoms with van der Waals surface area (Å²) in [5, 5.41) is 11.8. The highest BCUT2D eigenvalue weighted by Gasteiger charge is 2.38. The number of aromatic nitrogens is 1. The highest BCUT2D eigenvalue weighted by molar-refractivity contribution is 7.91. The van der Waals surface area contributed by atoms with E-state index in [4.69, 9.17) is 5.26 Å². The molecule has 1 aliphatic rings. The van der Waals surface area contributed by atoms with Crippen molar-refractivity contribution in [2.45, 2.75) is 18.9 Å². The third-order valence-electron chi connectivity index (χ3n) is 2.83. The van der Waals surface area contributed by atoms with Gasteiger partial charge in [-0.15, -0.1) is 0 Å². The maximum absolute atomic E-state index is 11.4. The lowest BCUT2D eigenvalue weighted by Crippen LogP contribution is -2.36. The summed E-state index contributed by atoms with van der Waals surface area (Å²) in [6.45, 7) is 1.87. The Bertz CT molecular complexity index is 559. The van der Waals surface area contributed by atoms with Crippen molar-refractivity contribution in [3.8, 4) is 6.07 Å². The normalized spacial score (nSPS) is 26.4. The number of anilines is 1. The SMILES string of the molecule is CC1(Nc2ccc(C#N)cn2)CCS(=O)(=O)C1. The van der Waals surface area contributed by atoms with Crippen LogP contribution in [0.1, 0.15) is 18.9 Å². The predicted octanol–water partition coefficient (Wildman–Crippen LogP) is 0.942. The van der Waals surface area contributed by atoms with Crippen molar-refractivity contribution in [1.29, 1.82) is 5.26 Å². The molecule has 0 bridgehead atoms. The van der Waals surface area contributed by atoms with E-state index < -0.39 is 15.4 Å². The van der Waals surface area contributed by atoms with Gasteiger partial charge >= 0.3 is 0 Å². The van der Waals surface area contributed by atoms with E-state index in [-0.39, 0.29) is 11.5 Å². The zero-order chi connectivity index (χ0) is 12.5. The molecule has 1 unspecified atom stereocenters. The number of nitrogens with zero attached hydrogens (tertiary/aromatic N) is 2. The van der Waals surface area contributed by atoms with Crippen molar-refractivity contribution in [2.75, 3.05) is 16.8 Å². The molecule has 0 spiro atoms. The first-order valence-corrected chi connectivity index (χ1v) is 7.09. The summed E-state index contributed by atoms with van der Waals surface area (Å²) < 4.78 is 22.9. The number of pyridine rings is 1. The number of nitrogens with one attached hydrogen (secondary N) is 1. The van der Waals surface area contributed by atoms with E-state index >= 15 is 0 Å². The van der Waals surface area contributed by atoms with Gasteiger partial charge in [0.1, 0.15) is 11.9 Å². The molecule has 1 saturated heterocycles. The molecule has 1 atom stereocenters. The predicted molar refractivity (Wildman–Crippen MR) is 64.3 cm³/mol. The van der Waals surface area contributed by atoms with Crippen LogP contribution in [0.5, 0.6) is 0 Å². The number of sulfone groups is 1. The Kier molecular flexibility index (Phi) is 2.79. The molecule has 17 heavy (non-hydrogen) atoms. The Morgan fingerprint density at radius 3 is 2.76 bits per heavy atom. The van der Waals surface area contributed by atoms with Gasteiger partial charge in [-0.1, -0.05) is 0 Å². The highest BCUT2D eigenvalue weighted by Crippen LogP contribution is 2.26. The van der Waals surface area contributed by atoms with E-state index in [0.717, 1.165) is 0 Å². The van der Waals surface area contributed by atoms with Gasteiger partial charge in [0.15, 0.2) is 9.84 Å². The topological polar surface area (TPSA) is 82.8 Å². The molecule has 1 N–H and O–H groups in total. The van der Waals surface area contributed by atoms with Crippen molar-refractivity contribution >= 4 is 15.7 Å². The molecule has 5 nitrogen and oxygen atoms in total. The van der Waals surface area contributed by atoms with Crippen LogP contribution in [0.3, 0.4) is 0 Å². The van der Waals surface area contributed by atoms with Crippen LogP contribution in [0.2, 0.25) is 0 Å². The van der Waals surface area contributed by atoms with Crippen molar-refractivity contribution in [2.24, 2.45) is 0 Å². The molecule has 0 radical (unpaired) electrons. The summed E-state index contributed by atoms with van der Waals surface area (Å²) >= 11 is 0. The molecular weight excluding hydrogens is 238 g/mol. The van der Waals surface area contributed by atoms with Crippen molar-refractivity contribution in [3.63, 3.8) is 0 Å². The van der Waals surface area contributed by atoms with Gasteiger partial charge in [0, 0.05) is 6.20 Å². The van der Waals surface area contributed by atoms with Gasteiger partial charge in [-0.3, -0.25) is 0 Å².